The van der Waals surface area contributed by atoms with Crippen LogP contribution in [0.2, 0.25) is 0 Å². The van der Waals surface area contributed by atoms with Crippen molar-refractivity contribution in [2.45, 2.75) is 45.1 Å². The summed E-state index contributed by atoms with van der Waals surface area (Å²) in [6.07, 6.45) is 5.60. The van der Waals surface area contributed by atoms with Gasteiger partial charge in [0.15, 0.2) is 11.5 Å². The van der Waals surface area contributed by atoms with Crippen LogP contribution in [0.5, 0.6) is 11.5 Å². The highest BCUT2D eigenvalue weighted by Gasteiger charge is 2.41. The molecule has 3 rings (SSSR count). The van der Waals surface area contributed by atoms with E-state index < -0.39 is 0 Å². The van der Waals surface area contributed by atoms with Crippen LogP contribution >= 0.6 is 0 Å². The van der Waals surface area contributed by atoms with Gasteiger partial charge in [0, 0.05) is 19.2 Å². The number of nitrogens with one attached hydrogen (secondary N) is 1. The zero-order valence-electron chi connectivity index (χ0n) is 12.7. The lowest BCUT2D eigenvalue weighted by Gasteiger charge is -2.19. The van der Waals surface area contributed by atoms with Crippen LogP contribution in [0.1, 0.15) is 38.2 Å². The lowest BCUT2D eigenvalue weighted by molar-refractivity contribution is 0.174. The molecule has 2 aliphatic rings. The largest absolute Gasteiger partial charge is 0.454 e. The molecular weight excluding hydrogens is 266 g/mol. The van der Waals surface area contributed by atoms with Crippen molar-refractivity contribution >= 4 is 0 Å². The zero-order chi connectivity index (χ0) is 14.7. The van der Waals surface area contributed by atoms with Gasteiger partial charge >= 0.3 is 0 Å². The molecule has 1 unspecified atom stereocenters. The minimum Gasteiger partial charge on any atom is -0.454 e. The molecule has 0 bridgehead atoms. The second-order valence-corrected chi connectivity index (χ2v) is 6.48. The van der Waals surface area contributed by atoms with E-state index in [-0.39, 0.29) is 0 Å². The Balaban J connectivity index is 1.42. The van der Waals surface area contributed by atoms with Gasteiger partial charge in [-0.25, -0.2) is 0 Å². The van der Waals surface area contributed by atoms with E-state index in [0.29, 0.717) is 24.9 Å². The minimum absolute atomic E-state index is 0.313. The molecule has 1 aliphatic heterocycles. The molecule has 2 N–H and O–H groups in total. The molecule has 1 aromatic carbocycles. The number of aryl methyl sites for hydroxylation is 1. The molecule has 0 spiro atoms. The Morgan fingerprint density at radius 2 is 2.10 bits per heavy atom. The molecule has 21 heavy (non-hydrogen) atoms. The van der Waals surface area contributed by atoms with Crippen LogP contribution in [0.4, 0.5) is 0 Å². The number of aliphatic hydroxyl groups is 1. The number of hydrogen-bond acceptors (Lipinski definition) is 4. The van der Waals surface area contributed by atoms with Crippen molar-refractivity contribution in [3.63, 3.8) is 0 Å². The predicted molar refractivity (Wildman–Crippen MR) is 81.7 cm³/mol. The third-order valence-corrected chi connectivity index (χ3v) is 4.73. The van der Waals surface area contributed by atoms with Gasteiger partial charge in [0.05, 0.1) is 0 Å². The average Bonchev–Trinajstić information content (AvgIpc) is 3.09. The van der Waals surface area contributed by atoms with E-state index in [4.69, 9.17) is 14.6 Å². The van der Waals surface area contributed by atoms with Crippen LogP contribution in [0.15, 0.2) is 18.2 Å². The first-order valence-electron chi connectivity index (χ1n) is 7.94. The summed E-state index contributed by atoms with van der Waals surface area (Å²) < 4.78 is 10.7. The fourth-order valence-corrected chi connectivity index (χ4v) is 2.90. The fraction of sp³-hybridized carbons (Fsp3) is 0.647. The molecule has 1 aromatic rings. The second kappa shape index (κ2) is 6.24. The van der Waals surface area contributed by atoms with Crippen LogP contribution in [0.3, 0.4) is 0 Å². The second-order valence-electron chi connectivity index (χ2n) is 6.48. The monoisotopic (exact) mass is 291 g/mol. The summed E-state index contributed by atoms with van der Waals surface area (Å²) in [6, 6.07) is 6.69. The van der Waals surface area contributed by atoms with Crippen LogP contribution in [-0.2, 0) is 6.42 Å². The summed E-state index contributed by atoms with van der Waals surface area (Å²) in [4.78, 5) is 0. The molecule has 1 fully saturated rings. The molecule has 1 atom stereocenters. The van der Waals surface area contributed by atoms with E-state index in [1.165, 1.54) is 18.4 Å². The van der Waals surface area contributed by atoms with E-state index >= 15 is 0 Å². The molecule has 1 aliphatic carbocycles. The molecule has 0 saturated heterocycles. The minimum atomic E-state index is 0.313. The first-order chi connectivity index (χ1) is 10.2. The molecule has 1 saturated carbocycles. The van der Waals surface area contributed by atoms with E-state index in [0.717, 1.165) is 37.3 Å². The molecule has 4 heteroatoms. The van der Waals surface area contributed by atoms with Gasteiger partial charge < -0.3 is 19.9 Å². The summed E-state index contributed by atoms with van der Waals surface area (Å²) in [7, 11) is 0. The summed E-state index contributed by atoms with van der Waals surface area (Å²) in [5.41, 5.74) is 1.69. The summed E-state index contributed by atoms with van der Waals surface area (Å²) in [5.74, 6) is 1.72. The number of rotatable bonds is 8. The fourth-order valence-electron chi connectivity index (χ4n) is 2.90. The summed E-state index contributed by atoms with van der Waals surface area (Å²) in [6.45, 7) is 3.93. The molecule has 0 amide bonds. The lowest BCUT2D eigenvalue weighted by atomic mass is 10.0. The summed E-state index contributed by atoms with van der Waals surface area (Å²) in [5, 5.41) is 12.7. The predicted octanol–water partition coefficient (Wildman–Crippen LogP) is 2.49. The van der Waals surface area contributed by atoms with Gasteiger partial charge in [0.1, 0.15) is 0 Å². The van der Waals surface area contributed by atoms with Crippen molar-refractivity contribution < 1.29 is 14.6 Å². The van der Waals surface area contributed by atoms with Crippen molar-refractivity contribution in [3.05, 3.63) is 23.8 Å². The Morgan fingerprint density at radius 1 is 1.29 bits per heavy atom. The standard InChI is InChI=1S/C17H25NO3/c1-13(18-11-17(6-7-17)8-9-19)2-3-14-4-5-15-16(10-14)21-12-20-15/h4-5,10,13,18-19H,2-3,6-9,11-12H2,1H3. The van der Waals surface area contributed by atoms with Gasteiger partial charge in [0.25, 0.3) is 0 Å². The van der Waals surface area contributed by atoms with Gasteiger partial charge in [-0.2, -0.15) is 0 Å². The third kappa shape index (κ3) is 3.69. The number of aliphatic hydroxyl groups excluding tert-OH is 1. The van der Waals surface area contributed by atoms with Crippen LogP contribution in [0.25, 0.3) is 0 Å². The Hall–Kier alpha value is -1.26. The maximum atomic E-state index is 9.09. The highest BCUT2D eigenvalue weighted by Crippen LogP contribution is 2.48. The van der Waals surface area contributed by atoms with Gasteiger partial charge in [-0.15, -0.1) is 0 Å². The van der Waals surface area contributed by atoms with Crippen molar-refractivity contribution in [2.24, 2.45) is 5.41 Å². The van der Waals surface area contributed by atoms with Gasteiger partial charge in [-0.3, -0.25) is 0 Å². The van der Waals surface area contributed by atoms with Crippen molar-refractivity contribution in [3.8, 4) is 11.5 Å². The molecule has 1 heterocycles. The van der Waals surface area contributed by atoms with Crippen molar-refractivity contribution in [1.29, 1.82) is 0 Å². The van der Waals surface area contributed by atoms with E-state index in [1.807, 2.05) is 6.07 Å². The summed E-state index contributed by atoms with van der Waals surface area (Å²) >= 11 is 0. The van der Waals surface area contributed by atoms with Gasteiger partial charge in [0.2, 0.25) is 6.79 Å². The van der Waals surface area contributed by atoms with Crippen molar-refractivity contribution in [2.75, 3.05) is 19.9 Å². The molecule has 4 nitrogen and oxygen atoms in total. The average molecular weight is 291 g/mol. The maximum Gasteiger partial charge on any atom is 0.231 e. The Bertz CT molecular complexity index is 485. The van der Waals surface area contributed by atoms with E-state index in [2.05, 4.69) is 24.4 Å². The Kier molecular flexibility index (Phi) is 4.36. The molecule has 116 valence electrons. The SMILES string of the molecule is CC(CCc1ccc2c(c1)OCO2)NCC1(CCO)CC1. The van der Waals surface area contributed by atoms with Gasteiger partial charge in [-0.1, -0.05) is 6.07 Å². The van der Waals surface area contributed by atoms with E-state index in [1.54, 1.807) is 0 Å². The Morgan fingerprint density at radius 3 is 2.86 bits per heavy atom. The first-order valence-corrected chi connectivity index (χ1v) is 7.94. The van der Waals surface area contributed by atoms with Crippen molar-refractivity contribution in [1.82, 2.24) is 5.32 Å². The van der Waals surface area contributed by atoms with E-state index in [9.17, 15) is 0 Å². The quantitative estimate of drug-likeness (QED) is 0.772. The topological polar surface area (TPSA) is 50.7 Å². The maximum absolute atomic E-state index is 9.09. The highest BCUT2D eigenvalue weighted by molar-refractivity contribution is 5.44. The Labute approximate surface area is 126 Å². The third-order valence-electron chi connectivity index (χ3n) is 4.73. The number of fused-ring (bicyclic) bond motifs is 1. The lowest BCUT2D eigenvalue weighted by Crippen LogP contribution is -2.32. The van der Waals surface area contributed by atoms with Crippen LogP contribution in [0, 0.1) is 5.41 Å². The molecule has 0 aromatic heterocycles. The normalized spacial score (nSPS) is 19.5. The number of benzene rings is 1. The molecule has 0 radical (unpaired) electrons. The first kappa shape index (κ1) is 14.7. The molecular formula is C17H25NO3. The zero-order valence-corrected chi connectivity index (χ0v) is 12.7. The number of ether oxygens (including phenoxy) is 2. The van der Waals surface area contributed by atoms with Crippen LogP contribution in [-0.4, -0.2) is 31.1 Å². The number of hydrogen-bond donors (Lipinski definition) is 2. The smallest absolute Gasteiger partial charge is 0.231 e. The highest BCUT2D eigenvalue weighted by atomic mass is 16.7. The van der Waals surface area contributed by atoms with Gasteiger partial charge in [-0.05, 0) is 62.1 Å². The van der Waals surface area contributed by atoms with Crippen LogP contribution < -0.4 is 14.8 Å².